The van der Waals surface area contributed by atoms with Crippen molar-refractivity contribution in [2.24, 2.45) is 0 Å². The third-order valence-electron chi connectivity index (χ3n) is 5.78. The number of aliphatic hydroxyl groups is 1. The second-order valence-electron chi connectivity index (χ2n) is 8.23. The number of nitrogens with zero attached hydrogens (tertiary/aromatic N) is 5. The number of Topliss-reactive ketones (excluding diaryl/α,β-unsaturated/α-hetero) is 1. The predicted molar refractivity (Wildman–Crippen MR) is 128 cm³/mol. The van der Waals surface area contributed by atoms with Gasteiger partial charge in [0.2, 0.25) is 0 Å². The molecule has 8 nitrogen and oxygen atoms in total. The number of pyridine rings is 2. The monoisotopic (exact) mass is 455 g/mol. The third-order valence-corrected chi connectivity index (χ3v) is 5.78. The van der Waals surface area contributed by atoms with E-state index in [9.17, 15) is 4.79 Å². The van der Waals surface area contributed by atoms with Crippen molar-refractivity contribution in [3.05, 3.63) is 89.3 Å². The van der Waals surface area contributed by atoms with Gasteiger partial charge in [0.05, 0.1) is 36.3 Å². The van der Waals surface area contributed by atoms with Crippen LogP contribution in [0.1, 0.15) is 33.1 Å². The molecule has 0 amide bonds. The molecule has 0 atom stereocenters. The van der Waals surface area contributed by atoms with E-state index in [-0.39, 0.29) is 25.4 Å². The highest BCUT2D eigenvalue weighted by atomic mass is 16.5. The molecule has 0 bridgehead atoms. The number of hydrogen-bond acceptors (Lipinski definition) is 6. The van der Waals surface area contributed by atoms with Crippen LogP contribution in [0.25, 0.3) is 16.6 Å². The highest BCUT2D eigenvalue weighted by molar-refractivity contribution is 5.99. The molecule has 0 fully saturated rings. The van der Waals surface area contributed by atoms with Gasteiger partial charge in [-0.25, -0.2) is 4.98 Å². The minimum absolute atomic E-state index is 0.0310. The summed E-state index contributed by atoms with van der Waals surface area (Å²) in [4.78, 5) is 22.2. The van der Waals surface area contributed by atoms with Crippen molar-refractivity contribution in [2.75, 3.05) is 13.2 Å². The molecule has 8 heteroatoms. The van der Waals surface area contributed by atoms with E-state index in [2.05, 4.69) is 9.97 Å². The van der Waals surface area contributed by atoms with Gasteiger partial charge in [0.15, 0.2) is 5.78 Å². The number of carbonyl (C=O) groups excluding carboxylic acids is 1. The zero-order valence-electron chi connectivity index (χ0n) is 19.1. The smallest absolute Gasteiger partial charge is 0.185 e. The Morgan fingerprint density at radius 2 is 1.97 bits per heavy atom. The van der Waals surface area contributed by atoms with Gasteiger partial charge in [-0.05, 0) is 43.7 Å². The number of carbonyl (C=O) groups is 1. The molecular weight excluding hydrogens is 430 g/mol. The lowest BCUT2D eigenvalue weighted by molar-refractivity contribution is 0.0987. The number of rotatable bonds is 8. The maximum absolute atomic E-state index is 13.3. The zero-order valence-corrected chi connectivity index (χ0v) is 19.1. The number of ether oxygens (including phenoxy) is 1. The molecule has 0 saturated carbocycles. The lowest BCUT2D eigenvalue weighted by atomic mass is 10.0. The second-order valence-corrected chi connectivity index (χ2v) is 8.23. The molecule has 1 aromatic carbocycles. The molecule has 0 aliphatic rings. The van der Waals surface area contributed by atoms with Crippen LogP contribution in [0.5, 0.6) is 5.75 Å². The van der Waals surface area contributed by atoms with Gasteiger partial charge in [-0.15, -0.1) is 0 Å². The summed E-state index contributed by atoms with van der Waals surface area (Å²) in [5, 5.41) is 14.7. The molecular formula is C26H25N5O3. The largest absolute Gasteiger partial charge is 0.491 e. The predicted octanol–water partition coefficient (Wildman–Crippen LogP) is 3.54. The van der Waals surface area contributed by atoms with E-state index in [4.69, 9.17) is 14.9 Å². The summed E-state index contributed by atoms with van der Waals surface area (Å²) in [5.41, 5.74) is 5.84. The third kappa shape index (κ3) is 4.15. The Kier molecular flexibility index (Phi) is 5.81. The first-order valence-electron chi connectivity index (χ1n) is 11.1. The van der Waals surface area contributed by atoms with Gasteiger partial charge in [-0.1, -0.05) is 18.2 Å². The average molecular weight is 456 g/mol. The van der Waals surface area contributed by atoms with E-state index in [1.54, 1.807) is 28.9 Å². The molecule has 172 valence electrons. The van der Waals surface area contributed by atoms with Crippen LogP contribution in [0.4, 0.5) is 0 Å². The standard InChI is InChI=1S/C26H25N5O3/c1-17-5-3-7-20(28-17)16-31-22-8-4-6-19(26(22)18(2)29-31)13-24(33)23-15-27-25-14-21(34-12-11-32)9-10-30(23)25/h3-10,14-15,32H,11-13,16H2,1-2H3. The lowest BCUT2D eigenvalue weighted by Gasteiger charge is -2.07. The normalized spacial score (nSPS) is 11.4. The van der Waals surface area contributed by atoms with Crippen molar-refractivity contribution in [3.63, 3.8) is 0 Å². The van der Waals surface area contributed by atoms with E-state index >= 15 is 0 Å². The van der Waals surface area contributed by atoms with Crippen molar-refractivity contribution in [2.45, 2.75) is 26.8 Å². The highest BCUT2D eigenvalue weighted by Crippen LogP contribution is 2.25. The number of benzene rings is 1. The second kappa shape index (κ2) is 9.07. The molecule has 0 aliphatic heterocycles. The number of fused-ring (bicyclic) bond motifs is 2. The van der Waals surface area contributed by atoms with E-state index in [1.807, 2.05) is 54.9 Å². The van der Waals surface area contributed by atoms with Crippen LogP contribution in [-0.2, 0) is 13.0 Å². The summed E-state index contributed by atoms with van der Waals surface area (Å²) in [6.07, 6.45) is 3.59. The zero-order chi connectivity index (χ0) is 23.7. The lowest BCUT2D eigenvalue weighted by Crippen LogP contribution is -2.08. The molecule has 34 heavy (non-hydrogen) atoms. The Morgan fingerprint density at radius 3 is 2.79 bits per heavy atom. The number of aliphatic hydroxyl groups excluding tert-OH is 1. The fourth-order valence-electron chi connectivity index (χ4n) is 4.30. The molecule has 4 aromatic heterocycles. The molecule has 0 spiro atoms. The Bertz CT molecular complexity index is 1500. The minimum Gasteiger partial charge on any atom is -0.491 e. The molecule has 5 aromatic rings. The van der Waals surface area contributed by atoms with Gasteiger partial charge in [0, 0.05) is 29.8 Å². The molecule has 0 radical (unpaired) electrons. The van der Waals surface area contributed by atoms with Crippen molar-refractivity contribution in [1.29, 1.82) is 0 Å². The van der Waals surface area contributed by atoms with Crippen molar-refractivity contribution in [3.8, 4) is 5.75 Å². The Balaban J connectivity index is 1.44. The van der Waals surface area contributed by atoms with Gasteiger partial charge in [-0.2, -0.15) is 5.10 Å². The van der Waals surface area contributed by atoms with Gasteiger partial charge in [0.25, 0.3) is 0 Å². The Labute approximate surface area is 196 Å². The molecule has 4 heterocycles. The van der Waals surface area contributed by atoms with E-state index in [0.717, 1.165) is 33.5 Å². The van der Waals surface area contributed by atoms with Crippen molar-refractivity contribution >= 4 is 22.3 Å². The highest BCUT2D eigenvalue weighted by Gasteiger charge is 2.18. The topological polar surface area (TPSA) is 94.5 Å². The van der Waals surface area contributed by atoms with E-state index in [0.29, 0.717) is 23.6 Å². The molecule has 0 unspecified atom stereocenters. The quantitative estimate of drug-likeness (QED) is 0.360. The first-order chi connectivity index (χ1) is 16.5. The van der Waals surface area contributed by atoms with Gasteiger partial charge >= 0.3 is 0 Å². The van der Waals surface area contributed by atoms with Crippen LogP contribution in [0.2, 0.25) is 0 Å². The maximum atomic E-state index is 13.3. The van der Waals surface area contributed by atoms with Crippen molar-refractivity contribution in [1.82, 2.24) is 24.1 Å². The van der Waals surface area contributed by atoms with Gasteiger partial charge in [0.1, 0.15) is 23.7 Å². The molecule has 0 aliphatic carbocycles. The number of aromatic nitrogens is 5. The fourth-order valence-corrected chi connectivity index (χ4v) is 4.30. The number of hydrogen-bond donors (Lipinski definition) is 1. The summed E-state index contributed by atoms with van der Waals surface area (Å²) in [6.45, 7) is 4.66. The average Bonchev–Trinajstić information content (AvgIpc) is 3.39. The summed E-state index contributed by atoms with van der Waals surface area (Å²) in [7, 11) is 0. The maximum Gasteiger partial charge on any atom is 0.185 e. The molecule has 0 saturated heterocycles. The van der Waals surface area contributed by atoms with E-state index in [1.165, 1.54) is 0 Å². The first kappa shape index (κ1) is 21.8. The fraction of sp³-hybridized carbons (Fsp3) is 0.231. The Morgan fingerprint density at radius 1 is 1.12 bits per heavy atom. The summed E-state index contributed by atoms with van der Waals surface area (Å²) in [5.74, 6) is 0.568. The number of imidazole rings is 1. The van der Waals surface area contributed by atoms with Crippen LogP contribution >= 0.6 is 0 Å². The van der Waals surface area contributed by atoms with Crippen LogP contribution in [0.15, 0.2) is 60.9 Å². The minimum atomic E-state index is -0.0631. The van der Waals surface area contributed by atoms with Crippen LogP contribution in [-0.4, -0.2) is 48.3 Å². The van der Waals surface area contributed by atoms with Gasteiger partial charge in [-0.3, -0.25) is 18.9 Å². The first-order valence-corrected chi connectivity index (χ1v) is 11.1. The Hall–Kier alpha value is -4.04. The van der Waals surface area contributed by atoms with E-state index < -0.39 is 0 Å². The van der Waals surface area contributed by atoms with Crippen LogP contribution in [0.3, 0.4) is 0 Å². The molecule has 5 rings (SSSR count). The van der Waals surface area contributed by atoms with Crippen molar-refractivity contribution < 1.29 is 14.6 Å². The van der Waals surface area contributed by atoms with Gasteiger partial charge < -0.3 is 9.84 Å². The van der Waals surface area contributed by atoms with Crippen LogP contribution < -0.4 is 4.74 Å². The summed E-state index contributed by atoms with van der Waals surface area (Å²) in [6, 6.07) is 15.5. The number of ketones is 1. The summed E-state index contributed by atoms with van der Waals surface area (Å²) < 4.78 is 9.14. The number of aryl methyl sites for hydroxylation is 2. The summed E-state index contributed by atoms with van der Waals surface area (Å²) >= 11 is 0. The molecule has 1 N–H and O–H groups in total. The SMILES string of the molecule is Cc1cccc(Cn2nc(C)c3c(CC(=O)c4cnc5cc(OCCO)ccn45)cccc32)n1. The van der Waals surface area contributed by atoms with Crippen LogP contribution in [0, 0.1) is 13.8 Å².